The summed E-state index contributed by atoms with van der Waals surface area (Å²) in [5.74, 6) is 5.89. The maximum Gasteiger partial charge on any atom is 0.157 e. The normalized spacial score (nSPS) is 47.6. The molecule has 1 aromatic heterocycles. The number of carbonyl (C=O) groups is 1. The van der Waals surface area contributed by atoms with Crippen molar-refractivity contribution in [2.75, 3.05) is 0 Å². The van der Waals surface area contributed by atoms with Crippen molar-refractivity contribution in [1.82, 2.24) is 9.78 Å². The summed E-state index contributed by atoms with van der Waals surface area (Å²) in [6.45, 7) is 5.32. The molecule has 4 aliphatic rings. The fourth-order valence-corrected chi connectivity index (χ4v) is 8.57. The molecule has 4 nitrogen and oxygen atoms in total. The third-order valence-electron chi connectivity index (χ3n) is 10.3. The first-order chi connectivity index (χ1) is 14.3. The van der Waals surface area contributed by atoms with Crippen molar-refractivity contribution in [3.05, 3.63) is 18.5 Å². The highest BCUT2D eigenvalue weighted by Crippen LogP contribution is 2.68. The van der Waals surface area contributed by atoms with E-state index in [1.165, 1.54) is 25.7 Å². The summed E-state index contributed by atoms with van der Waals surface area (Å²) in [4.78, 5) is 13.2. The van der Waals surface area contributed by atoms with E-state index in [1.807, 2.05) is 12.3 Å². The van der Waals surface area contributed by atoms with Crippen LogP contribution in [0.5, 0.6) is 0 Å². The van der Waals surface area contributed by atoms with Gasteiger partial charge in [0.25, 0.3) is 0 Å². The van der Waals surface area contributed by atoms with Crippen LogP contribution in [-0.4, -0.2) is 26.3 Å². The van der Waals surface area contributed by atoms with Gasteiger partial charge in [0.15, 0.2) is 5.78 Å². The van der Waals surface area contributed by atoms with Crippen LogP contribution in [0.4, 0.5) is 0 Å². The summed E-state index contributed by atoms with van der Waals surface area (Å²) in [6, 6.07) is 1.89. The molecule has 0 bridgehead atoms. The van der Waals surface area contributed by atoms with E-state index in [0.29, 0.717) is 29.6 Å². The minimum atomic E-state index is -0.891. The molecule has 8 atom stereocenters. The van der Waals surface area contributed by atoms with Crippen molar-refractivity contribution in [3.8, 4) is 12.3 Å². The fourth-order valence-electron chi connectivity index (χ4n) is 8.57. The predicted octanol–water partition coefficient (Wildman–Crippen LogP) is 4.48. The Morgan fingerprint density at radius 2 is 1.93 bits per heavy atom. The number of Topliss-reactive ketones (excluding diaryl/α,β-unsaturated/α-hetero) is 1. The summed E-state index contributed by atoms with van der Waals surface area (Å²) >= 11 is 0. The van der Waals surface area contributed by atoms with E-state index in [0.717, 1.165) is 43.9 Å². The Morgan fingerprint density at radius 3 is 2.67 bits per heavy atom. The maximum atomic E-state index is 13.2. The lowest BCUT2D eigenvalue weighted by Gasteiger charge is -2.61. The predicted molar refractivity (Wildman–Crippen MR) is 116 cm³/mol. The molecule has 0 amide bonds. The lowest BCUT2D eigenvalue weighted by atomic mass is 9.44. The molecular formula is C26H36N2O2. The highest BCUT2D eigenvalue weighted by atomic mass is 16.3. The van der Waals surface area contributed by atoms with Crippen LogP contribution in [0.25, 0.3) is 0 Å². The molecule has 4 heteroatoms. The molecule has 4 saturated carbocycles. The molecule has 4 fully saturated rings. The van der Waals surface area contributed by atoms with Gasteiger partial charge in [0.1, 0.15) is 5.60 Å². The van der Waals surface area contributed by atoms with Gasteiger partial charge in [-0.05, 0) is 98.4 Å². The molecule has 4 aliphatic carbocycles. The Bertz CT molecular complexity index is 857. The van der Waals surface area contributed by atoms with Gasteiger partial charge in [-0.25, -0.2) is 0 Å². The second-order valence-electron chi connectivity index (χ2n) is 11.4. The average Bonchev–Trinajstić information content (AvgIpc) is 3.35. The van der Waals surface area contributed by atoms with Gasteiger partial charge >= 0.3 is 0 Å². The van der Waals surface area contributed by atoms with Crippen molar-refractivity contribution in [1.29, 1.82) is 0 Å². The van der Waals surface area contributed by atoms with Crippen LogP contribution >= 0.6 is 0 Å². The molecular weight excluding hydrogens is 372 g/mol. The van der Waals surface area contributed by atoms with Gasteiger partial charge in [0.2, 0.25) is 0 Å². The Balaban J connectivity index is 1.35. The Morgan fingerprint density at radius 1 is 1.13 bits per heavy atom. The second kappa shape index (κ2) is 6.95. The monoisotopic (exact) mass is 408 g/mol. The van der Waals surface area contributed by atoms with E-state index >= 15 is 0 Å². The number of ketones is 1. The summed E-state index contributed by atoms with van der Waals surface area (Å²) in [5, 5.41) is 15.0. The number of carbonyl (C=O) groups excluding carboxylic acids is 1. The SMILES string of the molecule is C#C[C@@]1(O)CC[C@@]2(C)[C@H](CC[C@@H]3[C@@H]2CC[C@]2(C)[C@@H](C(=O)Cn4cccn4)CC[C@@H]32)C1. The first-order valence-electron chi connectivity index (χ1n) is 12.0. The molecule has 0 aliphatic heterocycles. The first kappa shape index (κ1) is 20.3. The van der Waals surface area contributed by atoms with Crippen LogP contribution in [-0.2, 0) is 11.3 Å². The van der Waals surface area contributed by atoms with E-state index in [2.05, 4.69) is 24.9 Å². The number of fused-ring (bicyclic) bond motifs is 5. The van der Waals surface area contributed by atoms with Crippen molar-refractivity contribution in [2.45, 2.75) is 83.8 Å². The number of rotatable bonds is 3. The van der Waals surface area contributed by atoms with Gasteiger partial charge in [-0.2, -0.15) is 5.10 Å². The second-order valence-corrected chi connectivity index (χ2v) is 11.4. The van der Waals surface area contributed by atoms with Crippen molar-refractivity contribution < 1.29 is 9.90 Å². The third kappa shape index (κ3) is 2.92. The van der Waals surface area contributed by atoms with E-state index < -0.39 is 5.60 Å². The van der Waals surface area contributed by atoms with Crippen LogP contribution in [0.3, 0.4) is 0 Å². The minimum Gasteiger partial charge on any atom is -0.378 e. The molecule has 5 rings (SSSR count). The van der Waals surface area contributed by atoms with Crippen LogP contribution < -0.4 is 0 Å². The number of aliphatic hydroxyl groups is 1. The van der Waals surface area contributed by atoms with Gasteiger partial charge in [0, 0.05) is 18.3 Å². The Labute approximate surface area is 180 Å². The van der Waals surface area contributed by atoms with Crippen LogP contribution in [0.1, 0.15) is 71.6 Å². The van der Waals surface area contributed by atoms with Crippen LogP contribution in [0.15, 0.2) is 18.5 Å². The number of nitrogens with zero attached hydrogens (tertiary/aromatic N) is 2. The lowest BCUT2D eigenvalue weighted by molar-refractivity contribution is -0.145. The van der Waals surface area contributed by atoms with Gasteiger partial charge in [-0.1, -0.05) is 19.8 Å². The number of terminal acetylenes is 1. The molecule has 1 heterocycles. The zero-order chi connectivity index (χ0) is 21.1. The summed E-state index contributed by atoms with van der Waals surface area (Å²) < 4.78 is 1.78. The molecule has 0 unspecified atom stereocenters. The number of aromatic nitrogens is 2. The van der Waals surface area contributed by atoms with Crippen molar-refractivity contribution >= 4 is 5.78 Å². The van der Waals surface area contributed by atoms with E-state index in [-0.39, 0.29) is 11.3 Å². The van der Waals surface area contributed by atoms with Gasteiger partial charge in [-0.3, -0.25) is 9.48 Å². The van der Waals surface area contributed by atoms with Gasteiger partial charge in [-0.15, -0.1) is 6.42 Å². The average molecular weight is 409 g/mol. The van der Waals surface area contributed by atoms with Gasteiger partial charge < -0.3 is 5.11 Å². The highest BCUT2D eigenvalue weighted by Gasteiger charge is 2.61. The molecule has 30 heavy (non-hydrogen) atoms. The topological polar surface area (TPSA) is 55.1 Å². The Hall–Kier alpha value is -1.60. The zero-order valence-corrected chi connectivity index (χ0v) is 18.5. The van der Waals surface area contributed by atoms with Crippen molar-refractivity contribution in [2.24, 2.45) is 40.4 Å². The van der Waals surface area contributed by atoms with E-state index in [1.54, 1.807) is 10.9 Å². The largest absolute Gasteiger partial charge is 0.378 e. The lowest BCUT2D eigenvalue weighted by Crippen LogP contribution is -2.56. The molecule has 162 valence electrons. The smallest absolute Gasteiger partial charge is 0.157 e. The quantitative estimate of drug-likeness (QED) is 0.751. The summed E-state index contributed by atoms with van der Waals surface area (Å²) in [7, 11) is 0. The molecule has 0 aromatic carbocycles. The third-order valence-corrected chi connectivity index (χ3v) is 10.3. The number of hydrogen-bond donors (Lipinski definition) is 1. The van der Waals surface area contributed by atoms with Crippen LogP contribution in [0.2, 0.25) is 0 Å². The standard InChI is InChI=1S/C26H36N2O2/c1-4-26(30)13-12-24(2)18(16-26)6-7-19-20-8-9-22(25(20,3)11-10-21(19)24)23(29)17-28-15-5-14-27-28/h1,5,14-15,18-22,30H,6-13,16-17H2,2-3H3/t18-,19+,20+,21+,22-,24+,25+,26-/m1/s1. The molecule has 1 aromatic rings. The fraction of sp³-hybridized carbons (Fsp3) is 0.769. The van der Waals surface area contributed by atoms with Crippen LogP contribution in [0, 0.1) is 52.8 Å². The molecule has 0 saturated heterocycles. The van der Waals surface area contributed by atoms with E-state index in [9.17, 15) is 9.90 Å². The zero-order valence-electron chi connectivity index (χ0n) is 18.5. The van der Waals surface area contributed by atoms with E-state index in [4.69, 9.17) is 6.42 Å². The van der Waals surface area contributed by atoms with Gasteiger partial charge in [0.05, 0.1) is 6.54 Å². The minimum absolute atomic E-state index is 0.142. The molecule has 1 N–H and O–H groups in total. The Kier molecular flexibility index (Phi) is 4.71. The number of hydrogen-bond acceptors (Lipinski definition) is 3. The highest BCUT2D eigenvalue weighted by molar-refractivity contribution is 5.82. The maximum absolute atomic E-state index is 13.2. The van der Waals surface area contributed by atoms with Crippen molar-refractivity contribution in [3.63, 3.8) is 0 Å². The summed E-state index contributed by atoms with van der Waals surface area (Å²) in [5.41, 5.74) is -0.454. The first-order valence-corrected chi connectivity index (χ1v) is 12.0. The summed E-state index contributed by atoms with van der Waals surface area (Å²) in [6.07, 6.45) is 18.9. The molecule has 0 radical (unpaired) electrons. The molecule has 0 spiro atoms.